The number of esters is 1. The maximum atomic E-state index is 11.8. The number of carbonyl (C=O) groups is 3. The van der Waals surface area contributed by atoms with Gasteiger partial charge in [-0.25, -0.2) is 0 Å². The molecule has 2 rings (SSSR count). The molecule has 1 amide bonds. The van der Waals surface area contributed by atoms with Crippen LogP contribution in [0.2, 0.25) is 5.02 Å². The molecule has 27 heavy (non-hydrogen) atoms. The number of thiophene rings is 1. The van der Waals surface area contributed by atoms with Gasteiger partial charge in [0.1, 0.15) is 12.4 Å². The maximum absolute atomic E-state index is 11.8. The number of ketones is 1. The fourth-order valence-corrected chi connectivity index (χ4v) is 3.16. The highest BCUT2D eigenvalue weighted by molar-refractivity contribution is 7.12. The number of rotatable bonds is 10. The first-order chi connectivity index (χ1) is 13.0. The largest absolute Gasteiger partial charge is 0.496 e. The smallest absolute Gasteiger partial charge is 0.307 e. The minimum Gasteiger partial charge on any atom is -0.496 e. The molecule has 8 heteroatoms. The molecule has 6 nitrogen and oxygen atoms in total. The summed E-state index contributed by atoms with van der Waals surface area (Å²) in [6.07, 6.45) is 0.268. The van der Waals surface area contributed by atoms with Crippen LogP contribution in [0.3, 0.4) is 0 Å². The predicted octanol–water partition coefficient (Wildman–Crippen LogP) is 3.62. The monoisotopic (exact) mass is 409 g/mol. The molecule has 2 aromatic rings. The van der Waals surface area contributed by atoms with Gasteiger partial charge in [-0.2, -0.15) is 0 Å². The topological polar surface area (TPSA) is 81.7 Å². The normalized spacial score (nSPS) is 10.3. The van der Waals surface area contributed by atoms with E-state index in [4.69, 9.17) is 21.1 Å². The van der Waals surface area contributed by atoms with Crippen LogP contribution < -0.4 is 10.1 Å². The van der Waals surface area contributed by atoms with E-state index in [9.17, 15) is 14.4 Å². The molecule has 0 aliphatic heterocycles. The number of Topliss-reactive ketones (excluding diaryl/α,β-unsaturated/α-hetero) is 1. The number of amides is 1. The van der Waals surface area contributed by atoms with E-state index in [1.54, 1.807) is 30.3 Å². The van der Waals surface area contributed by atoms with E-state index in [1.165, 1.54) is 18.4 Å². The van der Waals surface area contributed by atoms with E-state index >= 15 is 0 Å². The number of hydrogen-bond donors (Lipinski definition) is 1. The van der Waals surface area contributed by atoms with Crippen molar-refractivity contribution in [1.29, 1.82) is 0 Å². The maximum Gasteiger partial charge on any atom is 0.307 e. The molecule has 0 saturated carbocycles. The predicted molar refractivity (Wildman–Crippen MR) is 103 cm³/mol. The summed E-state index contributed by atoms with van der Waals surface area (Å²) in [7, 11) is 1.52. The number of benzene rings is 1. The Bertz CT molecular complexity index is 791. The number of ether oxygens (including phenoxy) is 2. The van der Waals surface area contributed by atoms with Crippen LogP contribution in [0, 0.1) is 0 Å². The molecular weight excluding hydrogens is 390 g/mol. The molecule has 0 fully saturated rings. The second kappa shape index (κ2) is 10.7. The average molecular weight is 410 g/mol. The van der Waals surface area contributed by atoms with Crippen molar-refractivity contribution in [3.63, 3.8) is 0 Å². The van der Waals surface area contributed by atoms with Crippen molar-refractivity contribution in [2.24, 2.45) is 0 Å². The van der Waals surface area contributed by atoms with E-state index in [0.717, 1.165) is 0 Å². The zero-order valence-electron chi connectivity index (χ0n) is 14.8. The van der Waals surface area contributed by atoms with Gasteiger partial charge >= 0.3 is 5.97 Å². The van der Waals surface area contributed by atoms with Crippen LogP contribution in [0.25, 0.3) is 0 Å². The first kappa shape index (κ1) is 20.9. The summed E-state index contributed by atoms with van der Waals surface area (Å²) in [4.78, 5) is 36.0. The van der Waals surface area contributed by atoms with Crippen molar-refractivity contribution >= 4 is 40.6 Å². The van der Waals surface area contributed by atoms with Crippen molar-refractivity contribution in [2.75, 3.05) is 13.7 Å². The molecule has 1 aromatic heterocycles. The summed E-state index contributed by atoms with van der Waals surface area (Å²) in [6.45, 7) is 0.184. The summed E-state index contributed by atoms with van der Waals surface area (Å²) in [5.74, 6) is -0.206. The summed E-state index contributed by atoms with van der Waals surface area (Å²) >= 11 is 7.28. The van der Waals surface area contributed by atoms with E-state index < -0.39 is 5.97 Å². The van der Waals surface area contributed by atoms with Crippen LogP contribution in [-0.4, -0.2) is 31.3 Å². The summed E-state index contributed by atoms with van der Waals surface area (Å²) in [5.41, 5.74) is 0.662. The van der Waals surface area contributed by atoms with Gasteiger partial charge in [-0.1, -0.05) is 17.7 Å². The van der Waals surface area contributed by atoms with Gasteiger partial charge in [-0.05, 0) is 29.6 Å². The van der Waals surface area contributed by atoms with Crippen molar-refractivity contribution in [1.82, 2.24) is 5.32 Å². The van der Waals surface area contributed by atoms with Crippen molar-refractivity contribution in [3.8, 4) is 5.75 Å². The van der Waals surface area contributed by atoms with Gasteiger partial charge in [-0.3, -0.25) is 14.4 Å². The van der Waals surface area contributed by atoms with Gasteiger partial charge in [0.2, 0.25) is 5.91 Å². The van der Waals surface area contributed by atoms with Gasteiger partial charge in [0.25, 0.3) is 0 Å². The number of methoxy groups -OCH3 is 1. The minimum absolute atomic E-state index is 0.0336. The van der Waals surface area contributed by atoms with Crippen molar-refractivity contribution in [3.05, 3.63) is 51.2 Å². The number of nitrogens with one attached hydrogen (secondary N) is 1. The Kier molecular flexibility index (Phi) is 8.29. The second-order valence-corrected chi connectivity index (χ2v) is 7.00. The van der Waals surface area contributed by atoms with Crippen LogP contribution in [0.4, 0.5) is 0 Å². The lowest BCUT2D eigenvalue weighted by Crippen LogP contribution is -2.26. The summed E-state index contributed by atoms with van der Waals surface area (Å²) < 4.78 is 10.4. The molecule has 1 N–H and O–H groups in total. The fraction of sp³-hybridized carbons (Fsp3) is 0.316. The van der Waals surface area contributed by atoms with Crippen LogP contribution in [0.15, 0.2) is 35.7 Å². The highest BCUT2D eigenvalue weighted by Crippen LogP contribution is 2.23. The van der Waals surface area contributed by atoms with Crippen LogP contribution in [-0.2, 0) is 20.9 Å². The summed E-state index contributed by atoms with van der Waals surface area (Å²) in [6, 6.07) is 8.58. The molecule has 1 aromatic carbocycles. The van der Waals surface area contributed by atoms with E-state index in [2.05, 4.69) is 5.32 Å². The molecular formula is C19H20ClNO5S. The molecule has 0 saturated heterocycles. The van der Waals surface area contributed by atoms with Crippen LogP contribution in [0.5, 0.6) is 5.75 Å². The van der Waals surface area contributed by atoms with E-state index in [1.807, 2.05) is 5.38 Å². The van der Waals surface area contributed by atoms with Crippen LogP contribution in [0.1, 0.15) is 34.5 Å². The Morgan fingerprint density at radius 1 is 1.15 bits per heavy atom. The highest BCUT2D eigenvalue weighted by atomic mass is 35.5. The van der Waals surface area contributed by atoms with E-state index in [-0.39, 0.29) is 44.1 Å². The first-order valence-electron chi connectivity index (χ1n) is 8.31. The highest BCUT2D eigenvalue weighted by Gasteiger charge is 2.11. The lowest BCUT2D eigenvalue weighted by Gasteiger charge is -2.10. The number of carbonyl (C=O) groups excluding carboxylic acids is 3. The second-order valence-electron chi connectivity index (χ2n) is 5.62. The Morgan fingerprint density at radius 3 is 2.67 bits per heavy atom. The Labute approximate surface area is 166 Å². The Balaban J connectivity index is 1.65. The quantitative estimate of drug-likeness (QED) is 0.478. The molecule has 0 atom stereocenters. The molecule has 0 aliphatic carbocycles. The van der Waals surface area contributed by atoms with Crippen molar-refractivity contribution in [2.45, 2.75) is 25.9 Å². The molecule has 144 valence electrons. The fourth-order valence-electron chi connectivity index (χ4n) is 2.27. The van der Waals surface area contributed by atoms with Gasteiger partial charge in [0.15, 0.2) is 5.78 Å². The minimum atomic E-state index is -0.452. The Morgan fingerprint density at radius 2 is 1.96 bits per heavy atom. The third kappa shape index (κ3) is 7.03. The molecule has 0 bridgehead atoms. The molecule has 1 heterocycles. The molecule has 0 aliphatic rings. The van der Waals surface area contributed by atoms with Crippen LogP contribution >= 0.6 is 22.9 Å². The standard InChI is InChI=1S/C19H20ClNO5S/c1-25-16-6-4-14(20)11-13(16)12-26-19(24)8-9-21-18(23)7-5-15(22)17-3-2-10-27-17/h2-4,6,10-11H,5,7-9,12H2,1H3,(H,21,23). The zero-order valence-corrected chi connectivity index (χ0v) is 16.4. The van der Waals surface area contributed by atoms with Gasteiger partial charge < -0.3 is 14.8 Å². The van der Waals surface area contributed by atoms with Gasteiger partial charge in [-0.15, -0.1) is 11.3 Å². The first-order valence-corrected chi connectivity index (χ1v) is 9.57. The zero-order chi connectivity index (χ0) is 19.6. The van der Waals surface area contributed by atoms with E-state index in [0.29, 0.717) is 21.2 Å². The molecule has 0 radical (unpaired) electrons. The average Bonchev–Trinajstić information content (AvgIpc) is 3.19. The third-order valence-corrected chi connectivity index (χ3v) is 4.80. The lowest BCUT2D eigenvalue weighted by atomic mass is 10.2. The van der Waals surface area contributed by atoms with Gasteiger partial charge in [0.05, 0.1) is 18.4 Å². The summed E-state index contributed by atoms with van der Waals surface area (Å²) in [5, 5.41) is 4.95. The van der Waals surface area contributed by atoms with Crippen molar-refractivity contribution < 1.29 is 23.9 Å². The Hall–Kier alpha value is -2.38. The number of hydrogen-bond acceptors (Lipinski definition) is 6. The SMILES string of the molecule is COc1ccc(Cl)cc1COC(=O)CCNC(=O)CCC(=O)c1cccs1. The molecule has 0 unspecified atom stereocenters. The number of halogens is 1. The lowest BCUT2D eigenvalue weighted by molar-refractivity contribution is -0.144. The third-order valence-electron chi connectivity index (χ3n) is 3.66. The van der Waals surface area contributed by atoms with Gasteiger partial charge in [0, 0.05) is 30.0 Å². The molecule has 0 spiro atoms.